The average molecular weight is 330 g/mol. The zero-order valence-corrected chi connectivity index (χ0v) is 13.0. The first-order chi connectivity index (χ1) is 11.0. The van der Waals surface area contributed by atoms with E-state index in [1.165, 1.54) is 24.4 Å². The average Bonchev–Trinajstić information content (AvgIpc) is 2.56. The van der Waals surface area contributed by atoms with E-state index in [0.717, 1.165) is 11.1 Å². The number of phenols is 1. The van der Waals surface area contributed by atoms with Crippen molar-refractivity contribution in [3.05, 3.63) is 64.2 Å². The van der Waals surface area contributed by atoms with Crippen molar-refractivity contribution >= 4 is 23.7 Å². The molecule has 2 aromatic rings. The molecule has 0 spiro atoms. The van der Waals surface area contributed by atoms with Gasteiger partial charge in [-0.15, -0.1) is 0 Å². The summed E-state index contributed by atoms with van der Waals surface area (Å²) in [6, 6.07) is 11.5. The standard InChI is InChI=1S/C10H10N2.C7H6ClNO2/c11-7-1-2-9-3-5-10(8-12)6-4-9;8-5-3-4(7(9)11)1-2-6(5)10/h3-6,8,12H,7,11H2;1-3,10H,(H2,9,11). The van der Waals surface area contributed by atoms with Gasteiger partial charge < -0.3 is 22.0 Å². The summed E-state index contributed by atoms with van der Waals surface area (Å²) in [7, 11) is 0. The largest absolute Gasteiger partial charge is 0.506 e. The summed E-state index contributed by atoms with van der Waals surface area (Å²) in [5.41, 5.74) is 12.3. The molecule has 0 atom stereocenters. The molecule has 6 N–H and O–H groups in total. The fourth-order valence-electron chi connectivity index (χ4n) is 1.48. The zero-order chi connectivity index (χ0) is 17.2. The summed E-state index contributed by atoms with van der Waals surface area (Å²) in [5, 5.41) is 16.0. The summed E-state index contributed by atoms with van der Waals surface area (Å²) in [6.07, 6.45) is 1.31. The second kappa shape index (κ2) is 9.26. The Morgan fingerprint density at radius 3 is 2.39 bits per heavy atom. The van der Waals surface area contributed by atoms with E-state index in [1.54, 1.807) is 0 Å². The fourth-order valence-corrected chi connectivity index (χ4v) is 1.66. The van der Waals surface area contributed by atoms with Crippen LogP contribution in [0, 0.1) is 17.3 Å². The lowest BCUT2D eigenvalue weighted by Crippen LogP contribution is -2.10. The maximum absolute atomic E-state index is 10.5. The molecule has 0 radical (unpaired) electrons. The van der Waals surface area contributed by atoms with Crippen molar-refractivity contribution in [3.8, 4) is 17.6 Å². The first-order valence-electron chi connectivity index (χ1n) is 6.55. The normalized spacial score (nSPS) is 8.96. The van der Waals surface area contributed by atoms with Crippen molar-refractivity contribution in [2.24, 2.45) is 11.5 Å². The Labute approximate surface area is 139 Å². The van der Waals surface area contributed by atoms with Gasteiger partial charge in [0.2, 0.25) is 5.91 Å². The van der Waals surface area contributed by atoms with Gasteiger partial charge in [0.15, 0.2) is 0 Å². The molecule has 1 amide bonds. The number of benzene rings is 2. The van der Waals surface area contributed by atoms with Crippen LogP contribution in [0.3, 0.4) is 0 Å². The molecule has 0 heterocycles. The van der Waals surface area contributed by atoms with Gasteiger partial charge in [-0.25, -0.2) is 0 Å². The minimum Gasteiger partial charge on any atom is -0.506 e. The number of primary amides is 1. The first kappa shape index (κ1) is 18.2. The van der Waals surface area contributed by atoms with E-state index in [4.69, 9.17) is 33.6 Å². The van der Waals surface area contributed by atoms with Crippen molar-refractivity contribution in [2.45, 2.75) is 0 Å². The minimum atomic E-state index is -0.563. The Bertz CT molecular complexity index is 747. The highest BCUT2D eigenvalue weighted by atomic mass is 35.5. The van der Waals surface area contributed by atoms with Crippen molar-refractivity contribution in [1.82, 2.24) is 0 Å². The highest BCUT2D eigenvalue weighted by molar-refractivity contribution is 6.32. The van der Waals surface area contributed by atoms with Gasteiger partial charge in [0.05, 0.1) is 11.6 Å². The summed E-state index contributed by atoms with van der Waals surface area (Å²) in [5.74, 6) is 5.05. The minimum absolute atomic E-state index is 0.0586. The third kappa shape index (κ3) is 6.22. The summed E-state index contributed by atoms with van der Waals surface area (Å²) in [4.78, 5) is 10.5. The number of carbonyl (C=O) groups is 1. The van der Waals surface area contributed by atoms with E-state index in [2.05, 4.69) is 11.8 Å². The summed E-state index contributed by atoms with van der Waals surface area (Å²) < 4.78 is 0. The predicted molar refractivity (Wildman–Crippen MR) is 91.9 cm³/mol. The number of amides is 1. The maximum Gasteiger partial charge on any atom is 0.248 e. The summed E-state index contributed by atoms with van der Waals surface area (Å²) in [6.45, 7) is 0.381. The smallest absolute Gasteiger partial charge is 0.248 e. The van der Waals surface area contributed by atoms with Gasteiger partial charge in [-0.2, -0.15) is 0 Å². The third-order valence-electron chi connectivity index (χ3n) is 2.64. The zero-order valence-electron chi connectivity index (χ0n) is 12.2. The molecule has 6 heteroatoms. The van der Waals surface area contributed by atoms with Crippen LogP contribution in [-0.2, 0) is 0 Å². The summed E-state index contributed by atoms with van der Waals surface area (Å²) >= 11 is 5.50. The molecule has 0 saturated carbocycles. The van der Waals surface area contributed by atoms with Crippen molar-refractivity contribution in [3.63, 3.8) is 0 Å². The number of hydrogen-bond donors (Lipinski definition) is 4. The number of phenolic OH excluding ortho intramolecular Hbond substituents is 1. The fraction of sp³-hybridized carbons (Fsp3) is 0.0588. The van der Waals surface area contributed by atoms with Crippen LogP contribution in [0.4, 0.5) is 0 Å². The number of halogens is 1. The van der Waals surface area contributed by atoms with Gasteiger partial charge in [0.25, 0.3) is 0 Å². The highest BCUT2D eigenvalue weighted by Gasteiger charge is 2.03. The van der Waals surface area contributed by atoms with Gasteiger partial charge in [0, 0.05) is 17.3 Å². The van der Waals surface area contributed by atoms with E-state index in [0.29, 0.717) is 6.54 Å². The molecule has 0 aliphatic rings. The van der Waals surface area contributed by atoms with E-state index in [1.807, 2.05) is 24.3 Å². The number of nitrogens with two attached hydrogens (primary N) is 2. The van der Waals surface area contributed by atoms with E-state index < -0.39 is 5.91 Å². The number of carbonyl (C=O) groups excluding carboxylic acids is 1. The van der Waals surface area contributed by atoms with Crippen molar-refractivity contribution in [2.75, 3.05) is 6.54 Å². The quantitative estimate of drug-likeness (QED) is 0.500. The van der Waals surface area contributed by atoms with Gasteiger partial charge in [-0.05, 0) is 35.9 Å². The highest BCUT2D eigenvalue weighted by Crippen LogP contribution is 2.23. The molecule has 0 fully saturated rings. The number of aromatic hydroxyl groups is 1. The first-order valence-corrected chi connectivity index (χ1v) is 6.93. The van der Waals surface area contributed by atoms with Crippen LogP contribution in [0.1, 0.15) is 21.5 Å². The van der Waals surface area contributed by atoms with E-state index in [9.17, 15) is 4.79 Å². The Balaban J connectivity index is 0.000000231. The van der Waals surface area contributed by atoms with Crippen LogP contribution < -0.4 is 11.5 Å². The number of hydrogen-bond acceptors (Lipinski definition) is 4. The van der Waals surface area contributed by atoms with Gasteiger partial charge >= 0.3 is 0 Å². The van der Waals surface area contributed by atoms with Crippen LogP contribution in [0.15, 0.2) is 42.5 Å². The van der Waals surface area contributed by atoms with Gasteiger partial charge in [-0.1, -0.05) is 35.6 Å². The topological polar surface area (TPSA) is 113 Å². The molecule has 0 aliphatic heterocycles. The van der Waals surface area contributed by atoms with Gasteiger partial charge in [-0.3, -0.25) is 4.79 Å². The molecule has 118 valence electrons. The SMILES string of the molecule is N=Cc1ccc(C#CCN)cc1.NC(=O)c1ccc(O)c(Cl)c1. The number of nitrogens with one attached hydrogen (secondary N) is 1. The molecule has 5 nitrogen and oxygen atoms in total. The van der Waals surface area contributed by atoms with Crippen LogP contribution >= 0.6 is 11.6 Å². The third-order valence-corrected chi connectivity index (χ3v) is 2.95. The monoisotopic (exact) mass is 329 g/mol. The van der Waals surface area contributed by atoms with Crippen LogP contribution in [-0.4, -0.2) is 23.8 Å². The second-order valence-corrected chi connectivity index (χ2v) is 4.71. The molecule has 0 unspecified atom stereocenters. The van der Waals surface area contributed by atoms with Crippen LogP contribution in [0.25, 0.3) is 0 Å². The molecule has 0 saturated heterocycles. The maximum atomic E-state index is 10.5. The van der Waals surface area contributed by atoms with Crippen molar-refractivity contribution in [1.29, 1.82) is 5.41 Å². The van der Waals surface area contributed by atoms with E-state index >= 15 is 0 Å². The predicted octanol–water partition coefficient (Wildman–Crippen LogP) is 2.14. The van der Waals surface area contributed by atoms with Crippen molar-refractivity contribution < 1.29 is 9.90 Å². The Morgan fingerprint density at radius 2 is 1.91 bits per heavy atom. The molecule has 0 aromatic heterocycles. The van der Waals surface area contributed by atoms with Gasteiger partial charge in [0.1, 0.15) is 5.75 Å². The molecular weight excluding hydrogens is 314 g/mol. The molecule has 2 rings (SSSR count). The lowest BCUT2D eigenvalue weighted by atomic mass is 10.1. The molecular formula is C17H16ClN3O2. The number of rotatable bonds is 2. The Morgan fingerprint density at radius 1 is 1.26 bits per heavy atom. The second-order valence-electron chi connectivity index (χ2n) is 4.30. The lowest BCUT2D eigenvalue weighted by Gasteiger charge is -1.97. The van der Waals surface area contributed by atoms with Crippen LogP contribution in [0.5, 0.6) is 5.75 Å². The van der Waals surface area contributed by atoms with Crippen LogP contribution in [0.2, 0.25) is 5.02 Å². The Hall–Kier alpha value is -2.81. The van der Waals surface area contributed by atoms with E-state index in [-0.39, 0.29) is 16.3 Å². The lowest BCUT2D eigenvalue weighted by molar-refractivity contribution is 0.100. The molecule has 2 aromatic carbocycles. The molecule has 0 aliphatic carbocycles. The molecule has 23 heavy (non-hydrogen) atoms. The molecule has 0 bridgehead atoms. The Kier molecular flexibility index (Phi) is 7.34.